The van der Waals surface area contributed by atoms with E-state index in [2.05, 4.69) is 9.97 Å². The summed E-state index contributed by atoms with van der Waals surface area (Å²) in [5.41, 5.74) is 1.96. The van der Waals surface area contributed by atoms with E-state index in [0.29, 0.717) is 11.4 Å². The van der Waals surface area contributed by atoms with E-state index in [1.807, 2.05) is 13.1 Å². The molecule has 0 bridgehead atoms. The smallest absolute Gasteiger partial charge is 0.168 e. The van der Waals surface area contributed by atoms with Crippen LogP contribution in [0.2, 0.25) is 0 Å². The Kier molecular flexibility index (Phi) is 2.19. The Bertz CT molecular complexity index is 734. The van der Waals surface area contributed by atoms with Crippen molar-refractivity contribution >= 4 is 11.2 Å². The number of aromatic nitrogens is 3. The van der Waals surface area contributed by atoms with E-state index in [9.17, 15) is 10.2 Å². The largest absolute Gasteiger partial charge is 0.504 e. The summed E-state index contributed by atoms with van der Waals surface area (Å²) in [6.07, 6.45) is 1.69. The normalized spacial score (nSPS) is 10.9. The predicted octanol–water partition coefficient (Wildman–Crippen LogP) is 2.05. The van der Waals surface area contributed by atoms with Crippen LogP contribution in [0.25, 0.3) is 22.6 Å². The molecule has 2 heterocycles. The van der Waals surface area contributed by atoms with Gasteiger partial charge in [-0.05, 0) is 24.3 Å². The molecule has 18 heavy (non-hydrogen) atoms. The second-order valence-corrected chi connectivity index (χ2v) is 4.01. The minimum absolute atomic E-state index is 0.160. The molecule has 2 aromatic heterocycles. The Morgan fingerprint density at radius 3 is 2.72 bits per heavy atom. The summed E-state index contributed by atoms with van der Waals surface area (Å²) in [7, 11) is 1.82. The van der Waals surface area contributed by atoms with Gasteiger partial charge in [-0.15, -0.1) is 0 Å². The van der Waals surface area contributed by atoms with Gasteiger partial charge in [0.2, 0.25) is 0 Å². The quantitative estimate of drug-likeness (QED) is 0.639. The van der Waals surface area contributed by atoms with Crippen LogP contribution < -0.4 is 0 Å². The van der Waals surface area contributed by atoms with Crippen molar-refractivity contribution in [2.75, 3.05) is 0 Å². The van der Waals surface area contributed by atoms with Crippen LogP contribution in [-0.2, 0) is 7.05 Å². The molecule has 1 aromatic carbocycles. The van der Waals surface area contributed by atoms with Crippen LogP contribution >= 0.6 is 0 Å². The second kappa shape index (κ2) is 3.73. The van der Waals surface area contributed by atoms with Gasteiger partial charge in [-0.1, -0.05) is 6.07 Å². The van der Waals surface area contributed by atoms with Crippen molar-refractivity contribution in [1.82, 2.24) is 14.5 Å². The number of aryl methyl sites for hydroxylation is 1. The first-order chi connectivity index (χ1) is 8.68. The summed E-state index contributed by atoms with van der Waals surface area (Å²) in [6.45, 7) is 0. The molecule has 5 nitrogen and oxygen atoms in total. The maximum absolute atomic E-state index is 9.88. The Hall–Kier alpha value is -2.56. The number of hydrogen-bond donors (Lipinski definition) is 2. The van der Waals surface area contributed by atoms with Crippen LogP contribution in [0, 0.1) is 0 Å². The molecule has 0 aliphatic rings. The first-order valence-electron chi connectivity index (χ1n) is 5.47. The van der Waals surface area contributed by atoms with E-state index < -0.39 is 0 Å². The number of para-hydroxylation sites is 1. The van der Waals surface area contributed by atoms with Crippen LogP contribution in [0.5, 0.6) is 11.5 Å². The maximum Gasteiger partial charge on any atom is 0.168 e. The molecule has 0 saturated carbocycles. The zero-order valence-corrected chi connectivity index (χ0v) is 9.70. The van der Waals surface area contributed by atoms with E-state index in [1.54, 1.807) is 29.0 Å². The monoisotopic (exact) mass is 241 g/mol. The van der Waals surface area contributed by atoms with Crippen molar-refractivity contribution in [1.29, 1.82) is 0 Å². The molecule has 0 atom stereocenters. The number of rotatable bonds is 1. The fourth-order valence-electron chi connectivity index (χ4n) is 1.98. The third kappa shape index (κ3) is 1.41. The van der Waals surface area contributed by atoms with Crippen LogP contribution in [0.4, 0.5) is 0 Å². The number of fused-ring (bicyclic) bond motifs is 1. The average molecular weight is 241 g/mol. The number of hydrogen-bond acceptors (Lipinski definition) is 4. The van der Waals surface area contributed by atoms with E-state index in [1.165, 1.54) is 6.07 Å². The fraction of sp³-hybridized carbons (Fsp3) is 0.0769. The van der Waals surface area contributed by atoms with Crippen molar-refractivity contribution in [2.45, 2.75) is 0 Å². The van der Waals surface area contributed by atoms with Crippen molar-refractivity contribution < 1.29 is 10.2 Å². The van der Waals surface area contributed by atoms with Gasteiger partial charge in [0.1, 0.15) is 11.3 Å². The lowest BCUT2D eigenvalue weighted by atomic mass is 10.2. The third-order valence-electron chi connectivity index (χ3n) is 2.88. The maximum atomic E-state index is 9.88. The molecule has 0 saturated heterocycles. The number of imidazole rings is 1. The highest BCUT2D eigenvalue weighted by Gasteiger charge is 2.15. The Labute approximate surface area is 103 Å². The summed E-state index contributed by atoms with van der Waals surface area (Å²) in [5.74, 6) is 0.237. The molecule has 0 aliphatic carbocycles. The number of nitrogens with zero attached hydrogens (tertiary/aromatic N) is 3. The number of phenols is 2. The molecule has 3 rings (SSSR count). The van der Waals surface area contributed by atoms with Crippen molar-refractivity contribution in [3.8, 4) is 22.9 Å². The summed E-state index contributed by atoms with van der Waals surface area (Å²) < 4.78 is 1.78. The lowest BCUT2D eigenvalue weighted by molar-refractivity contribution is 0.405. The van der Waals surface area contributed by atoms with E-state index >= 15 is 0 Å². The first kappa shape index (κ1) is 10.6. The molecule has 3 aromatic rings. The summed E-state index contributed by atoms with van der Waals surface area (Å²) in [4.78, 5) is 8.65. The van der Waals surface area contributed by atoms with Crippen molar-refractivity contribution in [3.05, 3.63) is 36.5 Å². The number of phenolic OH excluding ortho intramolecular Hbond substituents is 2. The van der Waals surface area contributed by atoms with Gasteiger partial charge in [0.15, 0.2) is 17.1 Å². The first-order valence-corrected chi connectivity index (χ1v) is 5.47. The van der Waals surface area contributed by atoms with Crippen LogP contribution in [0.3, 0.4) is 0 Å². The SMILES string of the molecule is Cn1c(-c2cccc(O)c2O)nc2cccnc21. The van der Waals surface area contributed by atoms with Gasteiger partial charge in [-0.25, -0.2) is 9.97 Å². The molecule has 0 radical (unpaired) electrons. The van der Waals surface area contributed by atoms with Crippen LogP contribution in [0.1, 0.15) is 0 Å². The topological polar surface area (TPSA) is 71.2 Å². The number of benzene rings is 1. The molecule has 2 N–H and O–H groups in total. The lowest BCUT2D eigenvalue weighted by Crippen LogP contribution is -1.93. The zero-order valence-electron chi connectivity index (χ0n) is 9.70. The van der Waals surface area contributed by atoms with Gasteiger partial charge >= 0.3 is 0 Å². The highest BCUT2D eigenvalue weighted by atomic mass is 16.3. The molecular weight excluding hydrogens is 230 g/mol. The summed E-state index contributed by atoms with van der Waals surface area (Å²) in [6, 6.07) is 8.46. The summed E-state index contributed by atoms with van der Waals surface area (Å²) in [5, 5.41) is 19.4. The lowest BCUT2D eigenvalue weighted by Gasteiger charge is -2.05. The minimum Gasteiger partial charge on any atom is -0.504 e. The molecule has 90 valence electrons. The molecule has 0 aliphatic heterocycles. The van der Waals surface area contributed by atoms with E-state index in [-0.39, 0.29) is 11.5 Å². The predicted molar refractivity (Wildman–Crippen MR) is 67.3 cm³/mol. The van der Waals surface area contributed by atoms with E-state index in [0.717, 1.165) is 11.2 Å². The minimum atomic E-state index is -0.170. The fourth-order valence-corrected chi connectivity index (χ4v) is 1.98. The molecule has 0 amide bonds. The van der Waals surface area contributed by atoms with Gasteiger partial charge in [-0.2, -0.15) is 0 Å². The molecule has 0 spiro atoms. The van der Waals surface area contributed by atoms with Crippen molar-refractivity contribution in [3.63, 3.8) is 0 Å². The highest BCUT2D eigenvalue weighted by molar-refractivity contribution is 5.79. The van der Waals surface area contributed by atoms with Crippen LogP contribution in [0.15, 0.2) is 36.5 Å². The second-order valence-electron chi connectivity index (χ2n) is 4.01. The Morgan fingerprint density at radius 2 is 1.94 bits per heavy atom. The van der Waals surface area contributed by atoms with Crippen LogP contribution in [-0.4, -0.2) is 24.7 Å². The van der Waals surface area contributed by atoms with E-state index in [4.69, 9.17) is 0 Å². The summed E-state index contributed by atoms with van der Waals surface area (Å²) >= 11 is 0. The molecule has 0 fully saturated rings. The average Bonchev–Trinajstić information content (AvgIpc) is 2.71. The van der Waals surface area contributed by atoms with Gasteiger partial charge in [0.25, 0.3) is 0 Å². The van der Waals surface area contributed by atoms with Gasteiger partial charge in [0, 0.05) is 13.2 Å². The van der Waals surface area contributed by atoms with Gasteiger partial charge < -0.3 is 14.8 Å². The Balaban J connectivity index is 2.32. The standard InChI is InChI=1S/C13H11N3O2/c1-16-12(8-4-2-6-10(17)11(8)18)15-9-5-3-7-14-13(9)16/h2-7,17-18H,1H3. The molecule has 5 heteroatoms. The number of pyridine rings is 1. The number of aromatic hydroxyl groups is 2. The van der Waals surface area contributed by atoms with Gasteiger partial charge in [0.05, 0.1) is 5.56 Å². The van der Waals surface area contributed by atoms with Gasteiger partial charge in [-0.3, -0.25) is 0 Å². The Morgan fingerprint density at radius 1 is 1.11 bits per heavy atom. The molecule has 0 unspecified atom stereocenters. The van der Waals surface area contributed by atoms with Crippen molar-refractivity contribution in [2.24, 2.45) is 7.05 Å². The molecular formula is C13H11N3O2. The highest BCUT2D eigenvalue weighted by Crippen LogP contribution is 2.36. The third-order valence-corrected chi connectivity index (χ3v) is 2.88. The zero-order chi connectivity index (χ0) is 12.7.